The Bertz CT molecular complexity index is 1520. The van der Waals surface area contributed by atoms with Crippen LogP contribution in [0.3, 0.4) is 0 Å². The maximum absolute atomic E-state index is 9.60. The number of hydrogen-bond donors (Lipinski definition) is 25. The fraction of sp³-hybridized carbons (Fsp3) is 0.518. The van der Waals surface area contributed by atoms with E-state index in [0.717, 1.165) is 0 Å². The molecule has 0 fully saturated rings. The van der Waals surface area contributed by atoms with Crippen LogP contribution >= 0.6 is 0 Å². The van der Waals surface area contributed by atoms with Gasteiger partial charge in [-0.2, -0.15) is 0 Å². The molecule has 0 rings (SSSR count). The largest absolute Gasteiger partial charge is 0.478 e. The van der Waals surface area contributed by atoms with Gasteiger partial charge in [-0.1, -0.05) is 59.2 Å². The van der Waals surface area contributed by atoms with Crippen molar-refractivity contribution in [2.75, 3.05) is 106 Å². The molecule has 0 aliphatic heterocycles. The van der Waals surface area contributed by atoms with Gasteiger partial charge in [0.25, 0.3) is 0 Å². The van der Waals surface area contributed by atoms with Gasteiger partial charge < -0.3 is 128 Å². The van der Waals surface area contributed by atoms with E-state index in [1.54, 1.807) is 0 Å². The van der Waals surface area contributed by atoms with Crippen molar-refractivity contribution in [3.63, 3.8) is 0 Å². The molecule has 34 nitrogen and oxygen atoms in total. The van der Waals surface area contributed by atoms with Crippen LogP contribution in [0.5, 0.6) is 0 Å². The average Bonchev–Trinajstić information content (AvgIpc) is 3.59. The van der Waals surface area contributed by atoms with Gasteiger partial charge in [0.2, 0.25) is 0 Å². The summed E-state index contributed by atoms with van der Waals surface area (Å²) >= 11 is 0. The summed E-state index contributed by atoms with van der Waals surface area (Å²) < 4.78 is 0. The van der Waals surface area contributed by atoms with Gasteiger partial charge in [-0.3, -0.25) is 0 Å². The number of hydrogen-bond acceptors (Lipinski definition) is 25. The summed E-state index contributed by atoms with van der Waals surface area (Å²) in [6.45, 7) is 34.9. The molecule has 0 atom stereocenters. The first-order chi connectivity index (χ1) is 40.8. The van der Waals surface area contributed by atoms with E-state index < -0.39 is 181 Å². The molecule has 90 heavy (non-hydrogen) atoms. The van der Waals surface area contributed by atoms with Gasteiger partial charge in [-0.25, -0.2) is 43.2 Å². The molecule has 0 saturated heterocycles. The molecule has 34 heteroatoms. The second-order valence-electron chi connectivity index (χ2n) is 18.3. The standard InChI is InChI=1S/4C5H12O4.9C4H6O2/c4*6-1-5(2-7,3-8)4-9;9*1-3(2)4(5)6/h4*6-9H,1-4H2;9*1H2,2H3,(H,5,6). The number of rotatable bonds is 25. The predicted molar refractivity (Wildman–Crippen MR) is 325 cm³/mol. The van der Waals surface area contributed by atoms with Gasteiger partial charge in [0.05, 0.1) is 127 Å². The van der Waals surface area contributed by atoms with Crippen molar-refractivity contribution < 1.29 is 171 Å². The van der Waals surface area contributed by atoms with E-state index in [-0.39, 0.29) is 50.2 Å². The highest BCUT2D eigenvalue weighted by atomic mass is 16.4. The van der Waals surface area contributed by atoms with Gasteiger partial charge in [-0.15, -0.1) is 0 Å². The third-order valence-corrected chi connectivity index (χ3v) is 8.65. The molecule has 0 amide bonds. The molecule has 0 aliphatic rings. The molecule has 530 valence electrons. The van der Waals surface area contributed by atoms with Crippen LogP contribution in [0, 0.1) is 21.7 Å². The SMILES string of the molecule is C=C(C)C(=O)O.C=C(C)C(=O)O.C=C(C)C(=O)O.C=C(C)C(=O)O.C=C(C)C(=O)O.C=C(C)C(=O)O.C=C(C)C(=O)O.C=C(C)C(=O)O.C=C(C)C(=O)O.OCC(CO)(CO)CO.OCC(CO)(CO)CO.OCC(CO)(CO)CO.OCC(CO)(CO)CO. The first-order valence-electron chi connectivity index (χ1n) is 24.5. The van der Waals surface area contributed by atoms with Crippen LogP contribution in [-0.2, 0) is 43.2 Å². The Balaban J connectivity index is -0.0000000652. The van der Waals surface area contributed by atoms with Crippen molar-refractivity contribution in [1.82, 2.24) is 0 Å². The highest BCUT2D eigenvalue weighted by molar-refractivity contribution is 5.87. The van der Waals surface area contributed by atoms with Crippen molar-refractivity contribution in [1.29, 1.82) is 0 Å². The Morgan fingerprint density at radius 2 is 0.211 bits per heavy atom. The zero-order valence-corrected chi connectivity index (χ0v) is 52.5. The second kappa shape index (κ2) is 70.3. The summed E-state index contributed by atoms with van der Waals surface area (Å²) in [5.41, 5.74) is -2.86. The van der Waals surface area contributed by atoms with Crippen LogP contribution in [0.15, 0.2) is 109 Å². The van der Waals surface area contributed by atoms with Crippen molar-refractivity contribution in [3.05, 3.63) is 109 Å². The van der Waals surface area contributed by atoms with Gasteiger partial charge >= 0.3 is 53.7 Å². The summed E-state index contributed by atoms with van der Waals surface area (Å²) in [6.07, 6.45) is 0. The Morgan fingerprint density at radius 3 is 0.211 bits per heavy atom. The minimum atomic E-state index is -1.11. The van der Waals surface area contributed by atoms with Crippen LogP contribution in [0.4, 0.5) is 0 Å². The number of carboxylic acids is 9. The van der Waals surface area contributed by atoms with Crippen LogP contribution in [0.25, 0.3) is 0 Å². The zero-order chi connectivity index (χ0) is 75.7. The van der Waals surface area contributed by atoms with E-state index in [0.29, 0.717) is 0 Å². The number of aliphatic hydroxyl groups is 16. The Morgan fingerprint density at radius 1 is 0.178 bits per heavy atom. The monoisotopic (exact) mass is 1320 g/mol. The highest BCUT2D eigenvalue weighted by Crippen LogP contribution is 2.14. The van der Waals surface area contributed by atoms with Gasteiger partial charge in [-0.05, 0) is 62.3 Å². The van der Waals surface area contributed by atoms with Crippen molar-refractivity contribution >= 4 is 53.7 Å². The number of aliphatic carboxylic acids is 9. The Kier molecular flexibility index (Phi) is 88.5. The molecule has 0 aromatic carbocycles. The van der Waals surface area contributed by atoms with E-state index in [1.165, 1.54) is 62.3 Å². The molecular formula is C56H102O34. The maximum atomic E-state index is 9.60. The molecule has 0 aliphatic carbocycles. The number of aliphatic hydroxyl groups excluding tert-OH is 16. The van der Waals surface area contributed by atoms with Crippen LogP contribution in [0.2, 0.25) is 0 Å². The van der Waals surface area contributed by atoms with Crippen LogP contribution < -0.4 is 0 Å². The lowest BCUT2D eigenvalue weighted by atomic mass is 9.93. The van der Waals surface area contributed by atoms with Crippen molar-refractivity contribution in [3.8, 4) is 0 Å². The Labute approximate surface area is 522 Å². The molecular weight excluding hydrogens is 1220 g/mol. The van der Waals surface area contributed by atoms with Crippen molar-refractivity contribution in [2.24, 2.45) is 21.7 Å². The molecule has 0 spiro atoms. The molecule has 25 N–H and O–H groups in total. The summed E-state index contributed by atoms with van der Waals surface area (Å²) in [5, 5.41) is 207. The van der Waals surface area contributed by atoms with E-state index in [4.69, 9.17) is 128 Å². The van der Waals surface area contributed by atoms with Gasteiger partial charge in [0.15, 0.2) is 0 Å². The summed E-state index contributed by atoms with van der Waals surface area (Å²) in [7, 11) is 0. The zero-order valence-electron chi connectivity index (χ0n) is 52.5. The first kappa shape index (κ1) is 113. The number of carboxylic acid groups (broad SMARTS) is 9. The molecule has 0 saturated carbocycles. The van der Waals surface area contributed by atoms with Crippen molar-refractivity contribution in [2.45, 2.75) is 62.3 Å². The lowest BCUT2D eigenvalue weighted by Gasteiger charge is -2.23. The lowest BCUT2D eigenvalue weighted by Crippen LogP contribution is -2.37. The third kappa shape index (κ3) is 86.7. The van der Waals surface area contributed by atoms with E-state index >= 15 is 0 Å². The summed E-state index contributed by atoms with van der Waals surface area (Å²) in [6, 6.07) is 0. The molecule has 0 unspecified atom stereocenters. The Hall–Kier alpha value is -7.75. The molecule has 0 heterocycles. The molecule has 0 radical (unpaired) electrons. The minimum absolute atomic E-state index is 0.176. The minimum Gasteiger partial charge on any atom is -0.478 e. The van der Waals surface area contributed by atoms with E-state index in [9.17, 15) is 43.2 Å². The van der Waals surface area contributed by atoms with Crippen LogP contribution in [-0.4, -0.2) is 287 Å². The van der Waals surface area contributed by atoms with E-state index in [1.807, 2.05) is 0 Å². The molecule has 0 aromatic heterocycles. The topological polar surface area (TPSA) is 659 Å². The fourth-order valence-corrected chi connectivity index (χ4v) is 1.20. The first-order valence-corrected chi connectivity index (χ1v) is 24.5. The van der Waals surface area contributed by atoms with Gasteiger partial charge in [0, 0.05) is 50.2 Å². The third-order valence-electron chi connectivity index (χ3n) is 8.65. The smallest absolute Gasteiger partial charge is 0.330 e. The lowest BCUT2D eigenvalue weighted by molar-refractivity contribution is -0.133. The summed E-state index contributed by atoms with van der Waals surface area (Å²) in [5.74, 6) is -8.42. The quantitative estimate of drug-likeness (QED) is 0.0423. The predicted octanol–water partition coefficient (Wildman–Crippen LogP) is -2.41. The summed E-state index contributed by atoms with van der Waals surface area (Å²) in [4.78, 5) is 86.4. The molecule has 0 bridgehead atoms. The highest BCUT2D eigenvalue weighted by Gasteiger charge is 2.28. The molecule has 0 aromatic rings. The van der Waals surface area contributed by atoms with E-state index in [2.05, 4.69) is 59.2 Å². The second-order valence-corrected chi connectivity index (χ2v) is 18.3. The van der Waals surface area contributed by atoms with Crippen LogP contribution in [0.1, 0.15) is 62.3 Å². The number of carbonyl (C=O) groups is 9. The fourth-order valence-electron chi connectivity index (χ4n) is 1.20. The maximum Gasteiger partial charge on any atom is 0.330 e. The van der Waals surface area contributed by atoms with Gasteiger partial charge in [0.1, 0.15) is 0 Å². The normalized spacial score (nSPS) is 9.30. The average molecular weight is 1320 g/mol.